The second-order valence-corrected chi connectivity index (χ2v) is 8.81. The molecule has 0 atom stereocenters. The average molecular weight is 426 g/mol. The van der Waals surface area contributed by atoms with Crippen molar-refractivity contribution in [3.8, 4) is 0 Å². The minimum Gasteiger partial charge on any atom is -0.325 e. The summed E-state index contributed by atoms with van der Waals surface area (Å²) in [6, 6.07) is 15.9. The topological polar surface area (TPSA) is 82.6 Å². The van der Waals surface area contributed by atoms with Crippen LogP contribution < -0.4 is 10.2 Å². The maximum Gasteiger partial charge on any atom is 0.248 e. The van der Waals surface area contributed by atoms with Crippen LogP contribution in [0, 0.1) is 12.7 Å². The summed E-state index contributed by atoms with van der Waals surface area (Å²) in [5, 5.41) is 2.59. The van der Waals surface area contributed by atoms with Gasteiger partial charge in [-0.3, -0.25) is 4.79 Å². The van der Waals surface area contributed by atoms with Crippen LogP contribution in [0.3, 0.4) is 0 Å². The Morgan fingerprint density at radius 1 is 1.10 bits per heavy atom. The molecule has 0 bridgehead atoms. The number of nitrogens with zero attached hydrogens (tertiary/aromatic N) is 3. The van der Waals surface area contributed by atoms with Crippen LogP contribution in [0.25, 0.3) is 0 Å². The highest BCUT2D eigenvalue weighted by Gasteiger charge is 2.37. The van der Waals surface area contributed by atoms with E-state index in [0.29, 0.717) is 11.5 Å². The molecule has 0 fully saturated rings. The largest absolute Gasteiger partial charge is 0.325 e. The molecule has 1 N–H and O–H groups in total. The summed E-state index contributed by atoms with van der Waals surface area (Å²) in [6.07, 6.45) is 1.53. The van der Waals surface area contributed by atoms with Crippen molar-refractivity contribution in [2.45, 2.75) is 11.8 Å². The minimum absolute atomic E-state index is 0.0337. The predicted octanol–water partition coefficient (Wildman–Crippen LogP) is 3.27. The van der Waals surface area contributed by atoms with E-state index in [9.17, 15) is 17.6 Å². The lowest BCUT2D eigenvalue weighted by Crippen LogP contribution is -2.47. The van der Waals surface area contributed by atoms with Crippen LogP contribution in [0.1, 0.15) is 5.56 Å². The van der Waals surface area contributed by atoms with Crippen LogP contribution in [-0.4, -0.2) is 36.8 Å². The highest BCUT2D eigenvalue weighted by molar-refractivity contribution is 7.89. The van der Waals surface area contributed by atoms with Crippen molar-refractivity contribution in [1.29, 1.82) is 0 Å². The number of anilines is 3. The van der Waals surface area contributed by atoms with Gasteiger partial charge in [0.25, 0.3) is 0 Å². The van der Waals surface area contributed by atoms with Gasteiger partial charge in [0.05, 0.1) is 13.2 Å². The second-order valence-electron chi connectivity index (χ2n) is 6.90. The molecule has 1 aliphatic heterocycles. The van der Waals surface area contributed by atoms with Gasteiger partial charge in [-0.05, 0) is 55.5 Å². The molecular formula is C21H19FN4O3S. The molecule has 0 aliphatic carbocycles. The Morgan fingerprint density at radius 2 is 1.80 bits per heavy atom. The summed E-state index contributed by atoms with van der Waals surface area (Å²) in [5.41, 5.74) is 2.22. The lowest BCUT2D eigenvalue weighted by Gasteiger charge is -2.36. The van der Waals surface area contributed by atoms with Gasteiger partial charge in [0, 0.05) is 17.6 Å². The van der Waals surface area contributed by atoms with E-state index in [0.717, 1.165) is 15.6 Å². The molecule has 30 heavy (non-hydrogen) atoms. The maximum atomic E-state index is 13.1. The number of carbonyl (C=O) groups excluding carboxylic acids is 1. The zero-order chi connectivity index (χ0) is 21.3. The highest BCUT2D eigenvalue weighted by atomic mass is 32.2. The molecule has 2 heterocycles. The fourth-order valence-corrected chi connectivity index (χ4v) is 4.66. The molecular weight excluding hydrogens is 407 g/mol. The van der Waals surface area contributed by atoms with E-state index in [1.165, 1.54) is 36.5 Å². The molecule has 2 aromatic carbocycles. The molecule has 1 aliphatic rings. The molecule has 4 rings (SSSR count). The molecule has 7 nitrogen and oxygen atoms in total. The number of aryl methyl sites for hydroxylation is 1. The Kier molecular flexibility index (Phi) is 5.23. The van der Waals surface area contributed by atoms with Crippen LogP contribution >= 0.6 is 0 Å². The molecule has 0 radical (unpaired) electrons. The number of fused-ring (bicyclic) bond motifs is 1. The van der Waals surface area contributed by atoms with Gasteiger partial charge in [0.2, 0.25) is 15.9 Å². The van der Waals surface area contributed by atoms with Crippen LogP contribution in [-0.2, 0) is 14.8 Å². The number of pyridine rings is 1. The Balaban J connectivity index is 1.64. The maximum absolute atomic E-state index is 13.1. The fourth-order valence-electron chi connectivity index (χ4n) is 3.18. The summed E-state index contributed by atoms with van der Waals surface area (Å²) in [6.45, 7) is 1.51. The Labute approximate surface area is 173 Å². The third-order valence-electron chi connectivity index (χ3n) is 4.72. The number of aromatic nitrogens is 1. The lowest BCUT2D eigenvalue weighted by molar-refractivity contribution is -0.116. The van der Waals surface area contributed by atoms with E-state index in [4.69, 9.17) is 0 Å². The monoisotopic (exact) mass is 426 g/mol. The lowest BCUT2D eigenvalue weighted by atomic mass is 10.2. The van der Waals surface area contributed by atoms with Crippen molar-refractivity contribution in [2.24, 2.45) is 0 Å². The van der Waals surface area contributed by atoms with Crippen molar-refractivity contribution in [2.75, 3.05) is 23.4 Å². The normalized spacial score (nSPS) is 15.5. The number of hydrogen-bond acceptors (Lipinski definition) is 5. The first kappa shape index (κ1) is 20.0. The Bertz CT molecular complexity index is 1180. The van der Waals surface area contributed by atoms with Gasteiger partial charge in [-0.1, -0.05) is 17.7 Å². The standard InChI is InChI=1S/C21H19FN4O3S/c1-15-4-10-18(11-5-15)26-14-25(30(28,29)19-3-2-12-23-21(19)26)13-20(27)24-17-8-6-16(22)7-9-17/h2-12H,13-14H2,1H3,(H,24,27). The SMILES string of the molecule is Cc1ccc(N2CN(CC(=O)Nc3ccc(F)cc3)S(=O)(=O)c3cccnc32)cc1. The molecule has 0 spiro atoms. The van der Waals surface area contributed by atoms with Crippen LogP contribution in [0.4, 0.5) is 21.6 Å². The zero-order valence-electron chi connectivity index (χ0n) is 16.1. The van der Waals surface area contributed by atoms with Crippen LogP contribution in [0.15, 0.2) is 71.8 Å². The van der Waals surface area contributed by atoms with Gasteiger partial charge in [-0.15, -0.1) is 0 Å². The first-order valence-electron chi connectivity index (χ1n) is 9.19. The molecule has 1 amide bonds. The van der Waals surface area contributed by atoms with Gasteiger partial charge >= 0.3 is 0 Å². The van der Waals surface area contributed by atoms with Crippen LogP contribution in [0.2, 0.25) is 0 Å². The van der Waals surface area contributed by atoms with Gasteiger partial charge in [0.1, 0.15) is 10.7 Å². The molecule has 0 unspecified atom stereocenters. The summed E-state index contributed by atoms with van der Waals surface area (Å²) < 4.78 is 40.3. The summed E-state index contributed by atoms with van der Waals surface area (Å²) in [7, 11) is -3.92. The van der Waals surface area contributed by atoms with E-state index in [-0.39, 0.29) is 11.6 Å². The first-order valence-corrected chi connectivity index (χ1v) is 10.6. The number of benzene rings is 2. The van der Waals surface area contributed by atoms with E-state index in [1.807, 2.05) is 31.2 Å². The first-order chi connectivity index (χ1) is 14.3. The molecule has 9 heteroatoms. The Hall–Kier alpha value is -3.30. The number of halogens is 1. The molecule has 3 aromatic rings. The molecule has 1 aromatic heterocycles. The van der Waals surface area contributed by atoms with E-state index < -0.39 is 28.3 Å². The minimum atomic E-state index is -3.92. The number of nitrogens with one attached hydrogen (secondary N) is 1. The van der Waals surface area contributed by atoms with Crippen molar-refractivity contribution >= 4 is 33.1 Å². The van der Waals surface area contributed by atoms with E-state index >= 15 is 0 Å². The number of amides is 1. The molecule has 0 saturated carbocycles. The number of carbonyl (C=O) groups is 1. The highest BCUT2D eigenvalue weighted by Crippen LogP contribution is 2.36. The van der Waals surface area contributed by atoms with E-state index in [2.05, 4.69) is 10.3 Å². The smallest absolute Gasteiger partial charge is 0.248 e. The van der Waals surface area contributed by atoms with Crippen molar-refractivity contribution in [1.82, 2.24) is 9.29 Å². The quantitative estimate of drug-likeness (QED) is 0.692. The summed E-state index contributed by atoms with van der Waals surface area (Å²) in [4.78, 5) is 18.6. The van der Waals surface area contributed by atoms with Crippen molar-refractivity contribution in [3.63, 3.8) is 0 Å². The number of hydrogen-bond donors (Lipinski definition) is 1. The molecule has 154 valence electrons. The van der Waals surface area contributed by atoms with Crippen molar-refractivity contribution < 1.29 is 17.6 Å². The van der Waals surface area contributed by atoms with Crippen molar-refractivity contribution in [3.05, 3.63) is 78.2 Å². The predicted molar refractivity (Wildman–Crippen MR) is 111 cm³/mol. The van der Waals surface area contributed by atoms with E-state index in [1.54, 1.807) is 11.0 Å². The second kappa shape index (κ2) is 7.85. The average Bonchev–Trinajstić information content (AvgIpc) is 2.73. The Morgan fingerprint density at radius 3 is 2.50 bits per heavy atom. The third kappa shape index (κ3) is 3.89. The number of rotatable bonds is 4. The third-order valence-corrected chi connectivity index (χ3v) is 6.52. The van der Waals surface area contributed by atoms with Crippen LogP contribution in [0.5, 0.6) is 0 Å². The molecule has 0 saturated heterocycles. The zero-order valence-corrected chi connectivity index (χ0v) is 16.9. The van der Waals surface area contributed by atoms with Gasteiger partial charge in [-0.25, -0.2) is 17.8 Å². The van der Waals surface area contributed by atoms with Gasteiger partial charge in [-0.2, -0.15) is 4.31 Å². The fraction of sp³-hybridized carbons (Fsp3) is 0.143. The van der Waals surface area contributed by atoms with Gasteiger partial charge < -0.3 is 10.2 Å². The summed E-state index contributed by atoms with van der Waals surface area (Å²) in [5.74, 6) is -0.637. The van der Waals surface area contributed by atoms with Gasteiger partial charge in [0.15, 0.2) is 5.82 Å². The number of sulfonamides is 1. The summed E-state index contributed by atoms with van der Waals surface area (Å²) >= 11 is 0.